The lowest BCUT2D eigenvalue weighted by molar-refractivity contribution is -0.148. The highest BCUT2D eigenvalue weighted by atomic mass is 16.5. The molecule has 2 aromatic carbocycles. The zero-order valence-electron chi connectivity index (χ0n) is 15.1. The molecule has 0 fully saturated rings. The van der Waals surface area contributed by atoms with E-state index in [1.165, 1.54) is 6.33 Å². The maximum Gasteiger partial charge on any atom is 0.310 e. The number of aromatic nitrogens is 2. The molecule has 3 aromatic rings. The minimum Gasteiger partial charge on any atom is -0.457 e. The number of rotatable bonds is 5. The molecule has 28 heavy (non-hydrogen) atoms. The van der Waals surface area contributed by atoms with Crippen LogP contribution in [0.3, 0.4) is 0 Å². The average Bonchev–Trinajstić information content (AvgIpc) is 3.13. The number of nitriles is 1. The van der Waals surface area contributed by atoms with E-state index in [9.17, 15) is 4.79 Å². The van der Waals surface area contributed by atoms with Crippen LogP contribution in [0.2, 0.25) is 0 Å². The number of esters is 1. The average molecular weight is 370 g/mol. The third-order valence-electron chi connectivity index (χ3n) is 4.67. The zero-order chi connectivity index (χ0) is 19.3. The van der Waals surface area contributed by atoms with Crippen LogP contribution < -0.4 is 5.32 Å². The third-order valence-corrected chi connectivity index (χ3v) is 4.67. The number of nitrogens with zero attached hydrogens (tertiary/aromatic N) is 3. The van der Waals surface area contributed by atoms with Crippen LogP contribution in [0.15, 0.2) is 60.9 Å². The van der Waals surface area contributed by atoms with E-state index in [1.54, 1.807) is 12.1 Å². The van der Waals surface area contributed by atoms with E-state index in [1.807, 2.05) is 42.5 Å². The second-order valence-electron chi connectivity index (χ2n) is 6.58. The van der Waals surface area contributed by atoms with Gasteiger partial charge < -0.3 is 10.1 Å². The Morgan fingerprint density at radius 2 is 1.93 bits per heavy atom. The molecule has 0 aliphatic heterocycles. The van der Waals surface area contributed by atoms with E-state index < -0.39 is 0 Å². The number of hydrogen-bond donors (Lipinski definition) is 1. The van der Waals surface area contributed by atoms with Gasteiger partial charge in [-0.05, 0) is 42.7 Å². The summed E-state index contributed by atoms with van der Waals surface area (Å²) in [6.45, 7) is 0. The monoisotopic (exact) mass is 370 g/mol. The van der Waals surface area contributed by atoms with Crippen molar-refractivity contribution in [1.82, 2.24) is 9.97 Å². The molecular weight excluding hydrogens is 352 g/mol. The van der Waals surface area contributed by atoms with Crippen LogP contribution >= 0.6 is 0 Å². The fourth-order valence-electron chi connectivity index (χ4n) is 3.33. The molecule has 0 bridgehead atoms. The van der Waals surface area contributed by atoms with Crippen molar-refractivity contribution in [1.29, 1.82) is 5.26 Å². The van der Waals surface area contributed by atoms with Crippen LogP contribution in [0.1, 0.15) is 34.9 Å². The van der Waals surface area contributed by atoms with Crippen LogP contribution in [0.5, 0.6) is 0 Å². The molecular formula is C22H18N4O2. The quantitative estimate of drug-likeness (QED) is 0.686. The molecule has 1 N–H and O–H groups in total. The van der Waals surface area contributed by atoms with Gasteiger partial charge in [-0.25, -0.2) is 9.97 Å². The van der Waals surface area contributed by atoms with Crippen LogP contribution in [0.4, 0.5) is 11.5 Å². The summed E-state index contributed by atoms with van der Waals surface area (Å²) in [5.41, 5.74) is 4.04. The highest BCUT2D eigenvalue weighted by molar-refractivity contribution is 5.73. The molecule has 6 heteroatoms. The van der Waals surface area contributed by atoms with Gasteiger partial charge in [0.05, 0.1) is 29.3 Å². The van der Waals surface area contributed by atoms with Gasteiger partial charge in [0.1, 0.15) is 18.2 Å². The number of ether oxygens (including phenoxy) is 1. The fraction of sp³-hybridized carbons (Fsp3) is 0.182. The number of nitrogens with one attached hydrogen (secondary N) is 1. The van der Waals surface area contributed by atoms with Crippen LogP contribution in [-0.2, 0) is 22.4 Å². The largest absolute Gasteiger partial charge is 0.457 e. The number of fused-ring (bicyclic) bond motifs is 1. The Morgan fingerprint density at radius 3 is 2.68 bits per heavy atom. The summed E-state index contributed by atoms with van der Waals surface area (Å²) in [6, 6.07) is 18.7. The van der Waals surface area contributed by atoms with E-state index in [2.05, 4.69) is 21.4 Å². The Labute approximate surface area is 162 Å². The summed E-state index contributed by atoms with van der Waals surface area (Å²) in [5, 5.41) is 12.2. The van der Waals surface area contributed by atoms with Crippen LogP contribution in [0.25, 0.3) is 0 Å². The first-order chi connectivity index (χ1) is 13.7. The third kappa shape index (κ3) is 3.84. The summed E-state index contributed by atoms with van der Waals surface area (Å²) in [4.78, 5) is 21.1. The highest BCUT2D eigenvalue weighted by Gasteiger charge is 2.30. The van der Waals surface area contributed by atoms with E-state index in [4.69, 9.17) is 10.00 Å². The summed E-state index contributed by atoms with van der Waals surface area (Å²) >= 11 is 0. The van der Waals surface area contributed by atoms with Crippen molar-refractivity contribution in [3.05, 3.63) is 83.3 Å². The first kappa shape index (κ1) is 17.7. The van der Waals surface area contributed by atoms with Crippen molar-refractivity contribution in [2.75, 3.05) is 5.32 Å². The van der Waals surface area contributed by atoms with Gasteiger partial charge in [-0.3, -0.25) is 4.79 Å². The Bertz CT molecular complexity index is 1030. The maximum atomic E-state index is 12.4. The first-order valence-electron chi connectivity index (χ1n) is 9.07. The summed E-state index contributed by atoms with van der Waals surface area (Å²) in [5.74, 6) is 0.363. The van der Waals surface area contributed by atoms with Gasteiger partial charge in [0.2, 0.25) is 0 Å². The standard InChI is InChI=1S/C22H18N4O2/c23-13-16-6-8-17(9-7-16)26-22-21-18(24-14-25-22)10-11-19(21)28-20(27)12-15-4-2-1-3-5-15/h1-9,14,19H,10-12H2,(H,24,25,26). The second kappa shape index (κ2) is 7.89. The summed E-state index contributed by atoms with van der Waals surface area (Å²) < 4.78 is 5.75. The smallest absolute Gasteiger partial charge is 0.310 e. The number of hydrogen-bond acceptors (Lipinski definition) is 6. The minimum atomic E-state index is -0.367. The van der Waals surface area contributed by atoms with Gasteiger partial charge in [0, 0.05) is 5.69 Å². The van der Waals surface area contributed by atoms with E-state index >= 15 is 0 Å². The number of anilines is 2. The molecule has 1 unspecified atom stereocenters. The first-order valence-corrected chi connectivity index (χ1v) is 9.07. The van der Waals surface area contributed by atoms with Crippen molar-refractivity contribution in [2.24, 2.45) is 0 Å². The fourth-order valence-corrected chi connectivity index (χ4v) is 3.33. The molecule has 4 rings (SSSR count). The van der Waals surface area contributed by atoms with Gasteiger partial charge in [-0.15, -0.1) is 0 Å². The molecule has 0 amide bonds. The highest BCUT2D eigenvalue weighted by Crippen LogP contribution is 2.38. The molecule has 1 aliphatic rings. The normalized spacial score (nSPS) is 14.8. The van der Waals surface area contributed by atoms with Gasteiger partial charge in [-0.2, -0.15) is 5.26 Å². The Morgan fingerprint density at radius 1 is 1.14 bits per heavy atom. The minimum absolute atomic E-state index is 0.235. The van der Waals surface area contributed by atoms with Crippen molar-refractivity contribution in [3.8, 4) is 6.07 Å². The Hall–Kier alpha value is -3.72. The zero-order valence-corrected chi connectivity index (χ0v) is 15.1. The van der Waals surface area contributed by atoms with Gasteiger partial charge in [0.15, 0.2) is 0 Å². The van der Waals surface area contributed by atoms with Crippen molar-refractivity contribution >= 4 is 17.5 Å². The Balaban J connectivity index is 1.52. The lowest BCUT2D eigenvalue weighted by Crippen LogP contribution is -2.13. The molecule has 1 aliphatic carbocycles. The number of benzene rings is 2. The van der Waals surface area contributed by atoms with Gasteiger partial charge in [-0.1, -0.05) is 30.3 Å². The molecule has 0 radical (unpaired) electrons. The van der Waals surface area contributed by atoms with Gasteiger partial charge >= 0.3 is 5.97 Å². The lowest BCUT2D eigenvalue weighted by Gasteiger charge is -2.17. The Kier molecular flexibility index (Phi) is 4.98. The van der Waals surface area contributed by atoms with Crippen molar-refractivity contribution < 1.29 is 9.53 Å². The van der Waals surface area contributed by atoms with E-state index in [0.29, 0.717) is 17.8 Å². The SMILES string of the molecule is N#Cc1ccc(Nc2ncnc3c2C(OC(=O)Cc2ccccc2)CC3)cc1. The van der Waals surface area contributed by atoms with Crippen LogP contribution in [-0.4, -0.2) is 15.9 Å². The topological polar surface area (TPSA) is 87.9 Å². The molecule has 0 saturated heterocycles. The molecule has 6 nitrogen and oxygen atoms in total. The maximum absolute atomic E-state index is 12.4. The lowest BCUT2D eigenvalue weighted by atomic mass is 10.1. The van der Waals surface area contributed by atoms with E-state index in [0.717, 1.165) is 28.9 Å². The van der Waals surface area contributed by atoms with Crippen LogP contribution in [0, 0.1) is 11.3 Å². The van der Waals surface area contributed by atoms with E-state index in [-0.39, 0.29) is 18.5 Å². The molecule has 1 aromatic heterocycles. The second-order valence-corrected chi connectivity index (χ2v) is 6.58. The molecule has 1 atom stereocenters. The predicted molar refractivity (Wildman–Crippen MR) is 104 cm³/mol. The molecule has 138 valence electrons. The number of carbonyl (C=O) groups excluding carboxylic acids is 1. The number of carbonyl (C=O) groups is 1. The van der Waals surface area contributed by atoms with Crippen molar-refractivity contribution in [2.45, 2.75) is 25.4 Å². The summed E-state index contributed by atoms with van der Waals surface area (Å²) in [6.07, 6.45) is 2.81. The molecule has 1 heterocycles. The number of aryl methyl sites for hydroxylation is 1. The summed E-state index contributed by atoms with van der Waals surface area (Å²) in [7, 11) is 0. The van der Waals surface area contributed by atoms with Crippen molar-refractivity contribution in [3.63, 3.8) is 0 Å². The molecule has 0 spiro atoms. The van der Waals surface area contributed by atoms with Gasteiger partial charge in [0.25, 0.3) is 0 Å². The predicted octanol–water partition coefficient (Wildman–Crippen LogP) is 3.87. The molecule has 0 saturated carbocycles.